The Morgan fingerprint density at radius 2 is 1.15 bits per heavy atom. The number of hydrogen-bond donors (Lipinski definition) is 0. The smallest absolute Gasteiger partial charge is 0.235 e. The van der Waals surface area contributed by atoms with Crippen LogP contribution in [-0.4, -0.2) is 14.5 Å². The molecule has 0 atom stereocenters. The zero-order valence-electron chi connectivity index (χ0n) is 25.7. The minimum Gasteiger partial charge on any atom is -0.456 e. The van der Waals surface area contributed by atoms with Crippen molar-refractivity contribution in [2.75, 3.05) is 0 Å². The van der Waals surface area contributed by atoms with Crippen LogP contribution in [0.2, 0.25) is 0 Å². The van der Waals surface area contributed by atoms with Gasteiger partial charge in [0.2, 0.25) is 5.95 Å². The van der Waals surface area contributed by atoms with E-state index in [-0.39, 0.29) is 0 Å². The van der Waals surface area contributed by atoms with Crippen LogP contribution in [0.4, 0.5) is 0 Å². The topological polar surface area (TPSA) is 43.9 Å². The second kappa shape index (κ2) is 9.50. The summed E-state index contributed by atoms with van der Waals surface area (Å²) in [6.45, 7) is 0. The maximum Gasteiger partial charge on any atom is 0.235 e. The van der Waals surface area contributed by atoms with Crippen molar-refractivity contribution >= 4 is 87.0 Å². The number of furan rings is 1. The van der Waals surface area contributed by atoms with E-state index >= 15 is 0 Å². The maximum absolute atomic E-state index is 6.26. The van der Waals surface area contributed by atoms with Gasteiger partial charge in [0, 0.05) is 32.5 Å². The summed E-state index contributed by atoms with van der Waals surface area (Å²) in [5.41, 5.74) is 6.86. The summed E-state index contributed by atoms with van der Waals surface area (Å²) >= 11 is 0. The molecule has 48 heavy (non-hydrogen) atoms. The molecule has 0 aliphatic carbocycles. The molecule has 0 saturated heterocycles. The lowest BCUT2D eigenvalue weighted by atomic mass is 9.98. The van der Waals surface area contributed by atoms with Crippen LogP contribution in [0.1, 0.15) is 0 Å². The van der Waals surface area contributed by atoms with Crippen LogP contribution in [0, 0.1) is 0 Å². The van der Waals surface area contributed by atoms with E-state index < -0.39 is 0 Å². The van der Waals surface area contributed by atoms with Crippen molar-refractivity contribution in [1.29, 1.82) is 0 Å². The number of nitrogens with zero attached hydrogens (tertiary/aromatic N) is 3. The molecule has 0 amide bonds. The molecule has 11 rings (SSSR count). The Balaban J connectivity index is 1.26. The van der Waals surface area contributed by atoms with Crippen LogP contribution in [0.3, 0.4) is 0 Å². The average Bonchev–Trinajstić information content (AvgIpc) is 3.69. The summed E-state index contributed by atoms with van der Waals surface area (Å²) in [4.78, 5) is 10.8. The highest BCUT2D eigenvalue weighted by molar-refractivity contribution is 6.23. The Morgan fingerprint density at radius 1 is 0.417 bits per heavy atom. The van der Waals surface area contributed by atoms with Gasteiger partial charge in [-0.05, 0) is 74.8 Å². The monoisotopic (exact) mass is 611 g/mol. The number of hydrogen-bond acceptors (Lipinski definition) is 3. The van der Waals surface area contributed by atoms with Gasteiger partial charge in [0.05, 0.1) is 22.2 Å². The SMILES string of the molecule is c1ccc2cc(-c3nc(-n4c5ccccc5c5cc6c(ccc7oc8ccccc8c76)cc54)nc4ccc5ccccc5c34)ccc2c1. The predicted molar refractivity (Wildman–Crippen MR) is 199 cm³/mol. The van der Waals surface area contributed by atoms with E-state index in [2.05, 4.69) is 144 Å². The minimum absolute atomic E-state index is 0.654. The average molecular weight is 612 g/mol. The quantitative estimate of drug-likeness (QED) is 0.183. The lowest BCUT2D eigenvalue weighted by Gasteiger charge is -2.14. The second-order valence-electron chi connectivity index (χ2n) is 12.6. The Bertz CT molecular complexity index is 3130. The van der Waals surface area contributed by atoms with Crippen molar-refractivity contribution in [1.82, 2.24) is 14.5 Å². The third kappa shape index (κ3) is 3.54. The molecule has 8 aromatic carbocycles. The zero-order valence-corrected chi connectivity index (χ0v) is 25.7. The molecule has 0 aliphatic rings. The van der Waals surface area contributed by atoms with Gasteiger partial charge in [-0.1, -0.05) is 109 Å². The molecule has 0 radical (unpaired) electrons. The van der Waals surface area contributed by atoms with Gasteiger partial charge in [0.25, 0.3) is 0 Å². The van der Waals surface area contributed by atoms with Gasteiger partial charge in [0.1, 0.15) is 11.2 Å². The molecule has 0 N–H and O–H groups in total. The first-order valence-electron chi connectivity index (χ1n) is 16.2. The lowest BCUT2D eigenvalue weighted by molar-refractivity contribution is 0.669. The number of benzene rings is 8. The van der Waals surface area contributed by atoms with E-state index in [0.29, 0.717) is 5.95 Å². The molecule has 11 aromatic rings. The van der Waals surface area contributed by atoms with E-state index in [1.165, 1.54) is 21.5 Å². The van der Waals surface area contributed by atoms with Crippen LogP contribution >= 0.6 is 0 Å². The van der Waals surface area contributed by atoms with E-state index in [9.17, 15) is 0 Å². The van der Waals surface area contributed by atoms with Gasteiger partial charge in [-0.3, -0.25) is 4.57 Å². The maximum atomic E-state index is 6.26. The van der Waals surface area contributed by atoms with Crippen molar-refractivity contribution in [3.8, 4) is 17.2 Å². The highest BCUT2D eigenvalue weighted by atomic mass is 16.3. The van der Waals surface area contributed by atoms with Crippen molar-refractivity contribution in [3.05, 3.63) is 152 Å². The van der Waals surface area contributed by atoms with Crippen LogP contribution in [0.15, 0.2) is 156 Å². The lowest BCUT2D eigenvalue weighted by Crippen LogP contribution is -2.03. The molecule has 0 bridgehead atoms. The highest BCUT2D eigenvalue weighted by Crippen LogP contribution is 2.41. The predicted octanol–water partition coefficient (Wildman–Crippen LogP) is 11.8. The second-order valence-corrected chi connectivity index (χ2v) is 12.6. The molecule has 4 heteroatoms. The van der Waals surface area contributed by atoms with Crippen LogP contribution in [-0.2, 0) is 0 Å². The van der Waals surface area contributed by atoms with Crippen molar-refractivity contribution in [2.45, 2.75) is 0 Å². The van der Waals surface area contributed by atoms with E-state index in [4.69, 9.17) is 14.4 Å². The van der Waals surface area contributed by atoms with Gasteiger partial charge in [-0.15, -0.1) is 0 Å². The summed E-state index contributed by atoms with van der Waals surface area (Å²) < 4.78 is 8.50. The Labute approximate surface area is 274 Å². The van der Waals surface area contributed by atoms with Gasteiger partial charge in [-0.25, -0.2) is 9.97 Å². The molecule has 3 heterocycles. The van der Waals surface area contributed by atoms with Gasteiger partial charge >= 0.3 is 0 Å². The number of rotatable bonds is 2. The molecule has 0 aliphatic heterocycles. The van der Waals surface area contributed by atoms with Gasteiger partial charge in [0.15, 0.2) is 0 Å². The molecule has 4 nitrogen and oxygen atoms in total. The first-order chi connectivity index (χ1) is 23.8. The number of fused-ring (bicyclic) bond motifs is 12. The van der Waals surface area contributed by atoms with Crippen molar-refractivity contribution < 1.29 is 4.42 Å². The highest BCUT2D eigenvalue weighted by Gasteiger charge is 2.20. The van der Waals surface area contributed by atoms with Crippen LogP contribution in [0.25, 0.3) is 104 Å². The fourth-order valence-corrected chi connectivity index (χ4v) is 7.76. The van der Waals surface area contributed by atoms with Gasteiger partial charge in [-0.2, -0.15) is 0 Å². The fraction of sp³-hybridized carbons (Fsp3) is 0. The molecular weight excluding hydrogens is 587 g/mol. The third-order valence-corrected chi connectivity index (χ3v) is 9.95. The van der Waals surface area contributed by atoms with Gasteiger partial charge < -0.3 is 4.42 Å². The standard InChI is InChI=1S/C44H25N3O/c1-2-11-28-23-30(18-17-26(28)9-1)43-42-31-12-4-3-10-27(31)19-21-36(42)45-44(46-43)47-37-15-7-5-13-32(37)35-25-34-29(24-38(35)47)20-22-40-41(34)33-14-6-8-16-39(33)48-40/h1-25H. The molecule has 3 aromatic heterocycles. The number of aromatic nitrogens is 3. The molecule has 0 spiro atoms. The first-order valence-corrected chi connectivity index (χ1v) is 16.2. The van der Waals surface area contributed by atoms with Crippen molar-refractivity contribution in [2.24, 2.45) is 0 Å². The number of para-hydroxylation sites is 2. The van der Waals surface area contributed by atoms with E-state index in [1.54, 1.807) is 0 Å². The van der Waals surface area contributed by atoms with E-state index in [0.717, 1.165) is 76.7 Å². The summed E-state index contributed by atoms with van der Waals surface area (Å²) in [5.74, 6) is 0.654. The van der Waals surface area contributed by atoms with E-state index in [1.807, 2.05) is 12.1 Å². The Morgan fingerprint density at radius 3 is 2.06 bits per heavy atom. The Kier molecular flexibility index (Phi) is 5.08. The fourth-order valence-electron chi connectivity index (χ4n) is 7.76. The summed E-state index contributed by atoms with van der Waals surface area (Å²) in [5, 5.41) is 12.7. The molecule has 0 fully saturated rings. The molecule has 0 saturated carbocycles. The van der Waals surface area contributed by atoms with Crippen LogP contribution < -0.4 is 0 Å². The molecule has 0 unspecified atom stereocenters. The third-order valence-electron chi connectivity index (χ3n) is 9.95. The summed E-state index contributed by atoms with van der Waals surface area (Å²) in [7, 11) is 0. The first kappa shape index (κ1) is 25.6. The molecular formula is C44H25N3O. The zero-order chi connectivity index (χ0) is 31.3. The van der Waals surface area contributed by atoms with Crippen molar-refractivity contribution in [3.63, 3.8) is 0 Å². The molecule has 222 valence electrons. The normalized spacial score (nSPS) is 12.2. The van der Waals surface area contributed by atoms with Crippen LogP contribution in [0.5, 0.6) is 0 Å². The summed E-state index contributed by atoms with van der Waals surface area (Å²) in [6, 6.07) is 53.7. The minimum atomic E-state index is 0.654. The largest absolute Gasteiger partial charge is 0.456 e. The summed E-state index contributed by atoms with van der Waals surface area (Å²) in [6.07, 6.45) is 0. The Hall–Kier alpha value is -6.52.